The molecule has 2 heterocycles. The maximum Gasteiger partial charge on any atom is 0.294 e. The number of carbonyl (C=O) groups is 2. The lowest BCUT2D eigenvalue weighted by Gasteiger charge is -2.30. The van der Waals surface area contributed by atoms with E-state index >= 15 is 0 Å². The van der Waals surface area contributed by atoms with E-state index in [2.05, 4.69) is 20.7 Å². The molecule has 2 N–H and O–H groups in total. The minimum atomic E-state index is -0.636. The summed E-state index contributed by atoms with van der Waals surface area (Å²) in [5.74, 6) is -0.505. The van der Waals surface area contributed by atoms with Gasteiger partial charge in [0.05, 0.1) is 11.4 Å². The van der Waals surface area contributed by atoms with Gasteiger partial charge in [-0.15, -0.1) is 11.3 Å². The second-order valence-corrected chi connectivity index (χ2v) is 7.05. The van der Waals surface area contributed by atoms with Gasteiger partial charge < -0.3 is 0 Å². The van der Waals surface area contributed by atoms with E-state index in [4.69, 9.17) is 0 Å². The van der Waals surface area contributed by atoms with Crippen LogP contribution >= 0.6 is 11.3 Å². The van der Waals surface area contributed by atoms with Gasteiger partial charge in [0.2, 0.25) is 5.84 Å². The van der Waals surface area contributed by atoms with Crippen molar-refractivity contribution in [3.63, 3.8) is 0 Å². The number of thiazole rings is 1. The number of nitrogens with one attached hydrogen (secondary N) is 2. The third-order valence-corrected chi connectivity index (χ3v) is 5.24. The van der Waals surface area contributed by atoms with E-state index in [1.54, 1.807) is 19.1 Å². The zero-order valence-electron chi connectivity index (χ0n) is 13.7. The number of amides is 2. The zero-order chi connectivity index (χ0) is 17.4. The Morgan fingerprint density at radius 2 is 2.12 bits per heavy atom. The van der Waals surface area contributed by atoms with Crippen molar-refractivity contribution in [3.8, 4) is 0 Å². The SMILES string of the molecule is C[C@H]1N=C(C(=O)Nc2nc3c(s2)CCC3)NN(c2ccccc2)C1=O. The molecule has 1 aliphatic heterocycles. The molecule has 7 nitrogen and oxygen atoms in total. The third kappa shape index (κ3) is 3.00. The molecule has 0 saturated carbocycles. The number of hydrogen-bond acceptors (Lipinski definition) is 6. The van der Waals surface area contributed by atoms with E-state index in [0.717, 1.165) is 25.0 Å². The summed E-state index contributed by atoms with van der Waals surface area (Å²) in [7, 11) is 0. The quantitative estimate of drug-likeness (QED) is 0.880. The Hall–Kier alpha value is -2.74. The van der Waals surface area contributed by atoms with E-state index in [-0.39, 0.29) is 11.7 Å². The largest absolute Gasteiger partial charge is 0.295 e. The highest BCUT2D eigenvalue weighted by atomic mass is 32.1. The number of carbonyl (C=O) groups excluding carboxylic acids is 2. The molecule has 0 saturated heterocycles. The van der Waals surface area contributed by atoms with Gasteiger partial charge in [0.15, 0.2) is 5.13 Å². The molecule has 0 radical (unpaired) electrons. The fourth-order valence-electron chi connectivity index (χ4n) is 2.90. The van der Waals surface area contributed by atoms with Crippen LogP contribution in [0.4, 0.5) is 10.8 Å². The van der Waals surface area contributed by atoms with Crippen LogP contribution in [-0.2, 0) is 22.4 Å². The van der Waals surface area contributed by atoms with E-state index < -0.39 is 11.9 Å². The molecule has 2 aliphatic rings. The molecule has 0 spiro atoms. The molecule has 1 aromatic heterocycles. The summed E-state index contributed by atoms with van der Waals surface area (Å²) in [6.07, 6.45) is 3.12. The fraction of sp³-hybridized carbons (Fsp3) is 0.294. The lowest BCUT2D eigenvalue weighted by Crippen LogP contribution is -2.57. The second kappa shape index (κ2) is 6.29. The summed E-state index contributed by atoms with van der Waals surface area (Å²) in [5.41, 5.74) is 4.56. The molecule has 128 valence electrons. The minimum Gasteiger partial charge on any atom is -0.295 e. The third-order valence-electron chi connectivity index (χ3n) is 4.16. The first kappa shape index (κ1) is 15.8. The molecule has 0 unspecified atom stereocenters. The highest BCUT2D eigenvalue weighted by Gasteiger charge is 2.31. The first-order chi connectivity index (χ1) is 12.1. The molecular weight excluding hydrogens is 338 g/mol. The van der Waals surface area contributed by atoms with Crippen molar-refractivity contribution in [1.29, 1.82) is 0 Å². The van der Waals surface area contributed by atoms with Crippen molar-refractivity contribution in [1.82, 2.24) is 10.4 Å². The van der Waals surface area contributed by atoms with Crippen molar-refractivity contribution in [2.75, 3.05) is 10.3 Å². The molecule has 4 rings (SSSR count). The minimum absolute atomic E-state index is 0.103. The monoisotopic (exact) mass is 355 g/mol. The lowest BCUT2D eigenvalue weighted by molar-refractivity contribution is -0.120. The topological polar surface area (TPSA) is 86.7 Å². The van der Waals surface area contributed by atoms with Crippen LogP contribution in [0.2, 0.25) is 0 Å². The van der Waals surface area contributed by atoms with Crippen LogP contribution in [0, 0.1) is 0 Å². The van der Waals surface area contributed by atoms with Gasteiger partial charge in [-0.05, 0) is 38.3 Å². The molecule has 25 heavy (non-hydrogen) atoms. The van der Waals surface area contributed by atoms with Gasteiger partial charge in [0.1, 0.15) is 6.04 Å². The van der Waals surface area contributed by atoms with Gasteiger partial charge >= 0.3 is 0 Å². The number of amidine groups is 1. The van der Waals surface area contributed by atoms with Crippen molar-refractivity contribution in [2.24, 2.45) is 4.99 Å². The van der Waals surface area contributed by atoms with Crippen molar-refractivity contribution >= 4 is 39.8 Å². The number of anilines is 2. The second-order valence-electron chi connectivity index (χ2n) is 5.97. The fourth-order valence-corrected chi connectivity index (χ4v) is 3.95. The number of nitrogens with zero attached hydrogens (tertiary/aromatic N) is 3. The average molecular weight is 355 g/mol. The number of fused-ring (bicyclic) bond motifs is 1. The maximum absolute atomic E-state index is 12.5. The molecule has 1 aliphatic carbocycles. The van der Waals surface area contributed by atoms with Gasteiger partial charge in [-0.2, -0.15) is 0 Å². The summed E-state index contributed by atoms with van der Waals surface area (Å²) in [4.78, 5) is 34.8. The Kier molecular flexibility index (Phi) is 3.96. The zero-order valence-corrected chi connectivity index (χ0v) is 14.5. The molecule has 8 heteroatoms. The van der Waals surface area contributed by atoms with E-state index in [9.17, 15) is 9.59 Å². The van der Waals surface area contributed by atoms with Crippen LogP contribution in [0.15, 0.2) is 35.3 Å². The molecule has 1 atom stereocenters. The number of aryl methyl sites for hydroxylation is 2. The van der Waals surface area contributed by atoms with Crippen molar-refractivity contribution < 1.29 is 9.59 Å². The summed E-state index contributed by atoms with van der Waals surface area (Å²) in [5, 5.41) is 4.72. The Morgan fingerprint density at radius 1 is 1.32 bits per heavy atom. The number of hydrazine groups is 1. The average Bonchev–Trinajstić information content (AvgIpc) is 3.19. The molecule has 0 fully saturated rings. The van der Waals surface area contributed by atoms with Gasteiger partial charge in [0, 0.05) is 4.88 Å². The predicted molar refractivity (Wildman–Crippen MR) is 96.7 cm³/mol. The lowest BCUT2D eigenvalue weighted by atomic mass is 10.2. The summed E-state index contributed by atoms with van der Waals surface area (Å²) < 4.78 is 0. The van der Waals surface area contributed by atoms with Crippen LogP contribution in [0.25, 0.3) is 0 Å². The number of benzene rings is 1. The Bertz CT molecular complexity index is 840. The molecular formula is C17H17N5O2S. The van der Waals surface area contributed by atoms with E-state index in [0.29, 0.717) is 10.8 Å². The van der Waals surface area contributed by atoms with Gasteiger partial charge in [-0.25, -0.2) is 15.0 Å². The first-order valence-electron chi connectivity index (χ1n) is 8.15. The van der Waals surface area contributed by atoms with E-state index in [1.807, 2.05) is 18.2 Å². The van der Waals surface area contributed by atoms with Crippen molar-refractivity contribution in [3.05, 3.63) is 40.9 Å². The molecule has 0 bridgehead atoms. The highest BCUT2D eigenvalue weighted by Crippen LogP contribution is 2.30. The number of rotatable bonds is 3. The Balaban J connectivity index is 1.53. The summed E-state index contributed by atoms with van der Waals surface area (Å²) >= 11 is 1.51. The van der Waals surface area contributed by atoms with Crippen LogP contribution in [-0.4, -0.2) is 28.7 Å². The molecule has 1 aromatic carbocycles. The highest BCUT2D eigenvalue weighted by molar-refractivity contribution is 7.16. The molecule has 2 amide bonds. The Morgan fingerprint density at radius 3 is 2.88 bits per heavy atom. The number of aromatic nitrogens is 1. The normalized spacial score (nSPS) is 19.2. The number of para-hydroxylation sites is 1. The van der Waals surface area contributed by atoms with E-state index in [1.165, 1.54) is 21.2 Å². The Labute approximate surface area is 148 Å². The number of hydrogen-bond donors (Lipinski definition) is 2. The first-order valence-corrected chi connectivity index (χ1v) is 8.97. The van der Waals surface area contributed by atoms with Gasteiger partial charge in [0.25, 0.3) is 11.8 Å². The van der Waals surface area contributed by atoms with Crippen LogP contribution < -0.4 is 15.8 Å². The molecule has 2 aromatic rings. The van der Waals surface area contributed by atoms with Crippen LogP contribution in [0.1, 0.15) is 23.9 Å². The van der Waals surface area contributed by atoms with Crippen molar-refractivity contribution in [2.45, 2.75) is 32.2 Å². The van der Waals surface area contributed by atoms with Crippen LogP contribution in [0.5, 0.6) is 0 Å². The van der Waals surface area contributed by atoms with Gasteiger partial charge in [-0.3, -0.25) is 20.3 Å². The van der Waals surface area contributed by atoms with Gasteiger partial charge in [-0.1, -0.05) is 18.2 Å². The summed E-state index contributed by atoms with van der Waals surface area (Å²) in [6.45, 7) is 1.67. The van der Waals surface area contributed by atoms with Crippen LogP contribution in [0.3, 0.4) is 0 Å². The standard InChI is InChI=1S/C17H17N5O2S/c1-10-16(24)22(11-6-3-2-4-7-11)21-14(18-10)15(23)20-17-19-12-8-5-9-13(12)25-17/h2-4,6-7,10H,5,8-9H2,1H3,(H,18,21)(H,19,20,23)/t10-/m1/s1. The summed E-state index contributed by atoms with van der Waals surface area (Å²) in [6, 6.07) is 8.48. The predicted octanol–water partition coefficient (Wildman–Crippen LogP) is 1.91. The number of aliphatic imine (C=N–C) groups is 1. The smallest absolute Gasteiger partial charge is 0.294 e. The maximum atomic E-state index is 12.5.